The van der Waals surface area contributed by atoms with Crippen molar-refractivity contribution in [1.29, 1.82) is 0 Å². The van der Waals surface area contributed by atoms with E-state index in [1.54, 1.807) is 14.0 Å². The number of hydrogen-bond donors (Lipinski definition) is 3. The van der Waals surface area contributed by atoms with Gasteiger partial charge in [-0.3, -0.25) is 9.20 Å². The summed E-state index contributed by atoms with van der Waals surface area (Å²) in [6.07, 6.45) is 6.07. The van der Waals surface area contributed by atoms with Gasteiger partial charge in [-0.15, -0.1) is 0 Å². The van der Waals surface area contributed by atoms with Crippen LogP contribution in [0, 0.1) is 5.92 Å². The highest BCUT2D eigenvalue weighted by atomic mass is 32.2. The number of nitrogens with one attached hydrogen (secondary N) is 3. The van der Waals surface area contributed by atoms with Crippen molar-refractivity contribution >= 4 is 22.9 Å². The number of guanidine groups is 1. The summed E-state index contributed by atoms with van der Waals surface area (Å²) < 4.78 is 17.1. The van der Waals surface area contributed by atoms with Crippen LogP contribution in [-0.2, 0) is 15.5 Å². The highest BCUT2D eigenvalue weighted by Gasteiger charge is 2.33. The second-order valence-electron chi connectivity index (χ2n) is 7.06. The van der Waals surface area contributed by atoms with Gasteiger partial charge in [0.1, 0.15) is 0 Å². The Hall–Kier alpha value is -1.31. The van der Waals surface area contributed by atoms with Crippen molar-refractivity contribution in [2.24, 2.45) is 10.9 Å². The maximum absolute atomic E-state index is 12.1. The SMILES string of the molecule is CCOC(=O)NC(CNC(=NC)NC1CCCC(S(=O)CC)C1)C1CC1. The molecule has 0 aromatic carbocycles. The molecule has 0 radical (unpaired) electrons. The van der Waals surface area contributed by atoms with Gasteiger partial charge in [0, 0.05) is 41.4 Å². The predicted octanol–water partition coefficient (Wildman–Crippen LogP) is 1.76. The van der Waals surface area contributed by atoms with Crippen LogP contribution in [-0.4, -0.2) is 59.5 Å². The van der Waals surface area contributed by atoms with Crippen molar-refractivity contribution in [3.63, 3.8) is 0 Å². The van der Waals surface area contributed by atoms with E-state index in [0.717, 1.165) is 50.2 Å². The Kier molecular flexibility index (Phi) is 8.68. The fraction of sp³-hybridized carbons (Fsp3) is 0.889. The molecule has 1 amide bonds. The summed E-state index contributed by atoms with van der Waals surface area (Å²) in [5.74, 6) is 1.98. The van der Waals surface area contributed by atoms with E-state index in [0.29, 0.717) is 25.1 Å². The Balaban J connectivity index is 1.80. The molecule has 8 heteroatoms. The van der Waals surface area contributed by atoms with Crippen LogP contribution in [0.1, 0.15) is 52.4 Å². The summed E-state index contributed by atoms with van der Waals surface area (Å²) in [4.78, 5) is 16.0. The van der Waals surface area contributed by atoms with E-state index in [-0.39, 0.29) is 17.4 Å². The Bertz CT molecular complexity index is 511. The Morgan fingerprint density at radius 2 is 2.04 bits per heavy atom. The molecule has 2 saturated carbocycles. The topological polar surface area (TPSA) is 91.8 Å². The van der Waals surface area contributed by atoms with Crippen LogP contribution in [0.3, 0.4) is 0 Å². The maximum Gasteiger partial charge on any atom is 0.407 e. The number of nitrogens with zero attached hydrogens (tertiary/aromatic N) is 1. The summed E-state index contributed by atoms with van der Waals surface area (Å²) >= 11 is 0. The highest BCUT2D eigenvalue weighted by molar-refractivity contribution is 7.85. The third-order valence-corrected chi connectivity index (χ3v) is 6.85. The van der Waals surface area contributed by atoms with Crippen LogP contribution in [0.2, 0.25) is 0 Å². The molecule has 0 aromatic rings. The smallest absolute Gasteiger partial charge is 0.407 e. The van der Waals surface area contributed by atoms with Crippen molar-refractivity contribution < 1.29 is 13.7 Å². The molecule has 7 nitrogen and oxygen atoms in total. The zero-order chi connectivity index (χ0) is 18.9. The molecule has 150 valence electrons. The number of ether oxygens (including phenoxy) is 1. The second-order valence-corrected chi connectivity index (χ2v) is 9.07. The number of amides is 1. The standard InChI is InChI=1S/C18H34N4O3S/c1-4-25-18(23)22-16(13-9-10-13)12-20-17(19-3)21-14-7-6-8-15(11-14)26(24)5-2/h13-16H,4-12H2,1-3H3,(H,22,23)(H2,19,20,21). The summed E-state index contributed by atoms with van der Waals surface area (Å²) in [5.41, 5.74) is 0. The molecule has 2 rings (SSSR count). The lowest BCUT2D eigenvalue weighted by Gasteiger charge is -2.30. The first-order valence-electron chi connectivity index (χ1n) is 9.84. The Morgan fingerprint density at radius 3 is 2.65 bits per heavy atom. The molecule has 4 atom stereocenters. The van der Waals surface area contributed by atoms with Gasteiger partial charge < -0.3 is 20.7 Å². The van der Waals surface area contributed by atoms with Crippen molar-refractivity contribution in [2.75, 3.05) is 26.0 Å². The normalized spacial score (nSPS) is 25.9. The molecule has 0 aliphatic heterocycles. The average molecular weight is 387 g/mol. The lowest BCUT2D eigenvalue weighted by atomic mass is 9.95. The van der Waals surface area contributed by atoms with Crippen LogP contribution in [0.15, 0.2) is 4.99 Å². The second kappa shape index (κ2) is 10.7. The monoisotopic (exact) mass is 386 g/mol. The number of hydrogen-bond acceptors (Lipinski definition) is 4. The highest BCUT2D eigenvalue weighted by Crippen LogP contribution is 2.32. The van der Waals surface area contributed by atoms with Crippen LogP contribution >= 0.6 is 0 Å². The molecule has 2 fully saturated rings. The van der Waals surface area contributed by atoms with Gasteiger partial charge in [0.15, 0.2) is 5.96 Å². The van der Waals surface area contributed by atoms with Gasteiger partial charge in [0.2, 0.25) is 0 Å². The van der Waals surface area contributed by atoms with E-state index in [1.807, 2.05) is 6.92 Å². The molecular weight excluding hydrogens is 352 g/mol. The van der Waals surface area contributed by atoms with E-state index >= 15 is 0 Å². The summed E-state index contributed by atoms with van der Waals surface area (Å²) in [6.45, 7) is 4.79. The van der Waals surface area contributed by atoms with Crippen molar-refractivity contribution in [2.45, 2.75) is 69.7 Å². The summed E-state index contributed by atoms with van der Waals surface area (Å²) in [6, 6.07) is 0.354. The first-order valence-corrected chi connectivity index (χ1v) is 11.2. The van der Waals surface area contributed by atoms with Crippen LogP contribution < -0.4 is 16.0 Å². The van der Waals surface area contributed by atoms with Gasteiger partial charge in [-0.25, -0.2) is 4.79 Å². The van der Waals surface area contributed by atoms with Crippen molar-refractivity contribution in [1.82, 2.24) is 16.0 Å². The fourth-order valence-corrected chi connectivity index (χ4v) is 4.85. The lowest BCUT2D eigenvalue weighted by Crippen LogP contribution is -2.51. The molecule has 0 saturated heterocycles. The average Bonchev–Trinajstić information content (AvgIpc) is 3.48. The molecule has 2 aliphatic carbocycles. The molecule has 0 bridgehead atoms. The van der Waals surface area contributed by atoms with Gasteiger partial charge in [0.25, 0.3) is 0 Å². The van der Waals surface area contributed by atoms with E-state index in [2.05, 4.69) is 20.9 Å². The number of rotatable bonds is 8. The number of carbonyl (C=O) groups is 1. The third-order valence-electron chi connectivity index (χ3n) is 5.11. The van der Waals surface area contributed by atoms with Gasteiger partial charge in [-0.05, 0) is 44.9 Å². The van der Waals surface area contributed by atoms with Crippen molar-refractivity contribution in [3.8, 4) is 0 Å². The minimum absolute atomic E-state index is 0.0549. The lowest BCUT2D eigenvalue weighted by molar-refractivity contribution is 0.146. The molecule has 3 N–H and O–H groups in total. The molecule has 0 spiro atoms. The first-order chi connectivity index (χ1) is 12.6. The molecule has 0 heterocycles. The zero-order valence-corrected chi connectivity index (χ0v) is 17.1. The molecular formula is C18H34N4O3S. The van der Waals surface area contributed by atoms with Crippen LogP contribution in [0.25, 0.3) is 0 Å². The van der Waals surface area contributed by atoms with Crippen LogP contribution in [0.5, 0.6) is 0 Å². The van der Waals surface area contributed by atoms with Gasteiger partial charge in [0.05, 0.1) is 12.6 Å². The van der Waals surface area contributed by atoms with E-state index < -0.39 is 10.8 Å². The summed E-state index contributed by atoms with van der Waals surface area (Å²) in [7, 11) is 1.02. The van der Waals surface area contributed by atoms with Gasteiger partial charge >= 0.3 is 6.09 Å². The first kappa shape index (κ1) is 21.0. The zero-order valence-electron chi connectivity index (χ0n) is 16.3. The summed E-state index contributed by atoms with van der Waals surface area (Å²) in [5, 5.41) is 10.0. The van der Waals surface area contributed by atoms with E-state index in [4.69, 9.17) is 4.74 Å². The van der Waals surface area contributed by atoms with Gasteiger partial charge in [-0.2, -0.15) is 0 Å². The molecule has 0 aromatic heterocycles. The minimum atomic E-state index is -0.730. The number of aliphatic imine (C=N–C) groups is 1. The van der Waals surface area contributed by atoms with Gasteiger partial charge in [-0.1, -0.05) is 13.3 Å². The largest absolute Gasteiger partial charge is 0.450 e. The third kappa shape index (κ3) is 6.78. The molecule has 26 heavy (non-hydrogen) atoms. The Morgan fingerprint density at radius 1 is 1.27 bits per heavy atom. The number of alkyl carbamates (subject to hydrolysis) is 1. The van der Waals surface area contributed by atoms with Crippen LogP contribution in [0.4, 0.5) is 4.79 Å². The Labute approximate surface area is 159 Å². The fourth-order valence-electron chi connectivity index (χ4n) is 3.50. The van der Waals surface area contributed by atoms with E-state index in [1.165, 1.54) is 0 Å². The minimum Gasteiger partial charge on any atom is -0.450 e. The quantitative estimate of drug-likeness (QED) is 0.437. The number of carbonyl (C=O) groups excluding carboxylic acids is 1. The maximum atomic E-state index is 12.1. The predicted molar refractivity (Wildman–Crippen MR) is 106 cm³/mol. The molecule has 2 aliphatic rings. The van der Waals surface area contributed by atoms with Crippen molar-refractivity contribution in [3.05, 3.63) is 0 Å². The van der Waals surface area contributed by atoms with E-state index in [9.17, 15) is 9.00 Å². The molecule has 4 unspecified atom stereocenters.